The molecule has 170 valence electrons. The number of amides is 2. The van der Waals surface area contributed by atoms with Gasteiger partial charge in [0.2, 0.25) is 0 Å². The minimum absolute atomic E-state index is 0. The van der Waals surface area contributed by atoms with E-state index in [0.717, 1.165) is 21.9 Å². The third kappa shape index (κ3) is 5.26. The summed E-state index contributed by atoms with van der Waals surface area (Å²) in [7, 11) is 0. The van der Waals surface area contributed by atoms with Gasteiger partial charge in [-0.05, 0) is 11.6 Å². The van der Waals surface area contributed by atoms with Crippen molar-refractivity contribution in [2.45, 2.75) is 11.4 Å². The molecule has 0 spiro atoms. The van der Waals surface area contributed by atoms with E-state index in [2.05, 4.69) is 20.4 Å². The van der Waals surface area contributed by atoms with Crippen LogP contribution in [0, 0.1) is 0 Å². The van der Waals surface area contributed by atoms with Crippen LogP contribution in [0.5, 0.6) is 0 Å². The summed E-state index contributed by atoms with van der Waals surface area (Å²) in [6, 6.07) is -1.00. The fourth-order valence-electron chi connectivity index (χ4n) is 3.21. The number of nitrogens with one attached hydrogen (secondary N) is 1. The Morgan fingerprint density at radius 1 is 1.32 bits per heavy atom. The molecular weight excluding hydrogens is 511 g/mol. The van der Waals surface area contributed by atoms with E-state index in [9.17, 15) is 24.7 Å². The van der Waals surface area contributed by atoms with Crippen LogP contribution in [0.25, 0.3) is 6.08 Å². The molecule has 15 heteroatoms. The van der Waals surface area contributed by atoms with E-state index in [-0.39, 0.29) is 51.8 Å². The van der Waals surface area contributed by atoms with Gasteiger partial charge in [0, 0.05) is 16.5 Å². The molecular formula is C19H15N6NaO5S3. The van der Waals surface area contributed by atoms with E-state index in [0.29, 0.717) is 5.57 Å². The maximum Gasteiger partial charge on any atom is 1.00 e. The van der Waals surface area contributed by atoms with E-state index in [1.807, 2.05) is 5.38 Å². The van der Waals surface area contributed by atoms with Crippen LogP contribution in [-0.2, 0) is 14.4 Å². The third-order valence-corrected chi connectivity index (χ3v) is 7.27. The molecule has 4 N–H and O–H groups in total. The van der Waals surface area contributed by atoms with Gasteiger partial charge in [-0.1, -0.05) is 23.4 Å². The summed E-state index contributed by atoms with van der Waals surface area (Å²) in [6.45, 7) is 0. The zero-order chi connectivity index (χ0) is 23.5. The second-order valence-electron chi connectivity index (χ2n) is 6.67. The maximum atomic E-state index is 12.7. The van der Waals surface area contributed by atoms with Crippen LogP contribution in [0.1, 0.15) is 11.4 Å². The molecule has 4 heterocycles. The van der Waals surface area contributed by atoms with Gasteiger partial charge in [0.25, 0.3) is 11.8 Å². The fourth-order valence-corrected chi connectivity index (χ4v) is 5.60. The van der Waals surface area contributed by atoms with Crippen molar-refractivity contribution < 1.29 is 54.3 Å². The Balaban J connectivity index is 0.00000324. The number of carbonyl (C=O) groups excluding carboxylic acids is 3. The van der Waals surface area contributed by atoms with Crippen molar-refractivity contribution in [3.8, 4) is 0 Å². The number of allylic oxidation sites excluding steroid dienone is 3. The van der Waals surface area contributed by atoms with Gasteiger partial charge in [-0.25, -0.2) is 9.97 Å². The number of carboxylic acid groups (broad SMARTS) is 1. The first-order valence-electron chi connectivity index (χ1n) is 9.27. The number of carbonyl (C=O) groups is 3. The Kier molecular flexibility index (Phi) is 8.67. The van der Waals surface area contributed by atoms with Crippen LogP contribution < -0.4 is 45.7 Å². The molecule has 2 aromatic rings. The second-order valence-corrected chi connectivity index (χ2v) is 9.39. The molecule has 1 fully saturated rings. The molecule has 2 aliphatic heterocycles. The third-order valence-electron chi connectivity index (χ3n) is 4.68. The normalized spacial score (nSPS) is 20.3. The van der Waals surface area contributed by atoms with E-state index < -0.39 is 34.9 Å². The molecule has 0 radical (unpaired) electrons. The molecule has 0 bridgehead atoms. The van der Waals surface area contributed by atoms with Crippen molar-refractivity contribution in [2.75, 3.05) is 11.5 Å². The largest absolute Gasteiger partial charge is 1.00 e. The fraction of sp³-hybridized carbons (Fsp3) is 0.158. The summed E-state index contributed by atoms with van der Waals surface area (Å²) in [5.41, 5.74) is 7.85. The number of nitrogens with two attached hydrogens (primary N) is 1. The van der Waals surface area contributed by atoms with Gasteiger partial charge < -0.3 is 26.2 Å². The van der Waals surface area contributed by atoms with Gasteiger partial charge in [-0.15, -0.1) is 34.4 Å². The minimum Gasteiger partial charge on any atom is -0.543 e. The van der Waals surface area contributed by atoms with Crippen LogP contribution >= 0.6 is 34.4 Å². The smallest absolute Gasteiger partial charge is 0.543 e. The van der Waals surface area contributed by atoms with Gasteiger partial charge >= 0.3 is 29.6 Å². The van der Waals surface area contributed by atoms with Crippen LogP contribution in [0.15, 0.2) is 50.9 Å². The molecule has 2 atom stereocenters. The molecule has 0 aliphatic carbocycles. The zero-order valence-corrected chi connectivity index (χ0v) is 22.0. The summed E-state index contributed by atoms with van der Waals surface area (Å²) in [4.78, 5) is 46.1. The van der Waals surface area contributed by atoms with Crippen molar-refractivity contribution >= 4 is 69.1 Å². The number of oxime groups is 1. The Labute approximate surface area is 227 Å². The molecule has 2 aliphatic rings. The summed E-state index contributed by atoms with van der Waals surface area (Å²) >= 11 is 3.80. The summed E-state index contributed by atoms with van der Waals surface area (Å²) in [5, 5.41) is 29.3. The van der Waals surface area contributed by atoms with Crippen molar-refractivity contribution in [3.05, 3.63) is 57.2 Å². The number of nitrogens with zero attached hydrogens (tertiary/aromatic N) is 4. The van der Waals surface area contributed by atoms with Gasteiger partial charge in [-0.2, -0.15) is 0 Å². The first kappa shape index (κ1) is 26.1. The number of β-lactam (4-membered cyclic amide) rings is 1. The molecule has 2 amide bonds. The predicted octanol–water partition coefficient (Wildman–Crippen LogP) is -2.96. The van der Waals surface area contributed by atoms with E-state index in [1.165, 1.54) is 28.5 Å². The number of aliphatic carboxylic acids is 1. The second kappa shape index (κ2) is 11.3. The zero-order valence-electron chi connectivity index (χ0n) is 17.6. The molecule has 4 rings (SSSR count). The van der Waals surface area contributed by atoms with Crippen LogP contribution in [0.4, 0.5) is 5.13 Å². The quantitative estimate of drug-likeness (QED) is 0.0850. The average Bonchev–Trinajstić information content (AvgIpc) is 3.46. The van der Waals surface area contributed by atoms with Crippen molar-refractivity contribution in [3.63, 3.8) is 0 Å². The summed E-state index contributed by atoms with van der Waals surface area (Å²) < 4.78 is 0. The number of thiazole rings is 2. The van der Waals surface area contributed by atoms with Crippen LogP contribution in [0.2, 0.25) is 0 Å². The number of aromatic nitrogens is 2. The summed E-state index contributed by atoms with van der Waals surface area (Å²) in [5.74, 6) is -2.65. The van der Waals surface area contributed by atoms with Gasteiger partial charge in [0.15, 0.2) is 10.8 Å². The monoisotopic (exact) mass is 526 g/mol. The molecule has 0 saturated carbocycles. The number of hydrogen-bond donors (Lipinski definition) is 3. The van der Waals surface area contributed by atoms with E-state index in [4.69, 9.17) is 5.73 Å². The standard InChI is InChI=1S/C19H16N6O5S3.Na/c20-19-22-11(7-33-19)12(24-30)15(26)23-13-16(27)25-14(18(28)29)9(5-32-17(13)25)3-1-2-4-10-6-31-8-21-10;/h1-4,6-8,13,17,30H,5H2,(H2,20,22)(H,23,26)(H,28,29);/q;+1/p-1/b3-1+,4-2+,24-12-;/t13-,17-;/m1./s1. The molecule has 0 unspecified atom stereocenters. The van der Waals surface area contributed by atoms with Gasteiger partial charge in [0.1, 0.15) is 17.1 Å². The first-order valence-corrected chi connectivity index (χ1v) is 12.1. The van der Waals surface area contributed by atoms with E-state index >= 15 is 0 Å². The van der Waals surface area contributed by atoms with Gasteiger partial charge in [-0.3, -0.25) is 14.5 Å². The number of nitrogen functional groups attached to an aromatic ring is 1. The number of rotatable bonds is 7. The molecule has 1 saturated heterocycles. The number of hydrogen-bond acceptors (Lipinski definition) is 12. The molecule has 11 nitrogen and oxygen atoms in total. The van der Waals surface area contributed by atoms with E-state index in [1.54, 1.807) is 29.8 Å². The number of anilines is 1. The van der Waals surface area contributed by atoms with Crippen molar-refractivity contribution in [2.24, 2.45) is 5.16 Å². The van der Waals surface area contributed by atoms with Gasteiger partial charge in [0.05, 0.1) is 22.9 Å². The first-order chi connectivity index (χ1) is 15.9. The molecule has 2 aromatic heterocycles. The number of fused-ring (bicyclic) bond motifs is 1. The number of thioether (sulfide) groups is 1. The summed E-state index contributed by atoms with van der Waals surface area (Å²) in [6.07, 6.45) is 6.74. The Hall–Kier alpha value is -2.49. The topological polar surface area (TPSA) is 174 Å². The Morgan fingerprint density at radius 3 is 2.71 bits per heavy atom. The predicted molar refractivity (Wildman–Crippen MR) is 122 cm³/mol. The van der Waals surface area contributed by atoms with Crippen LogP contribution in [-0.4, -0.2) is 60.7 Å². The van der Waals surface area contributed by atoms with Crippen molar-refractivity contribution in [1.82, 2.24) is 20.2 Å². The Bertz CT molecular complexity index is 1220. The maximum absolute atomic E-state index is 12.7. The SMILES string of the molecule is Nc1nc(/C(=N/O)C(=O)N[C@@H]2C(=O)N3C(C(=O)[O-])=C(/C=C/C=C/c4cscn4)CS[C@H]23)cs1.[Na+]. The average molecular weight is 527 g/mol. The molecule has 34 heavy (non-hydrogen) atoms. The molecule has 0 aromatic carbocycles. The van der Waals surface area contributed by atoms with Crippen molar-refractivity contribution in [1.29, 1.82) is 0 Å². The minimum atomic E-state index is -1.49. The number of carboxylic acids is 1. The Morgan fingerprint density at radius 2 is 2.09 bits per heavy atom. The van der Waals surface area contributed by atoms with Crippen LogP contribution in [0.3, 0.4) is 0 Å².